The van der Waals surface area contributed by atoms with E-state index in [9.17, 15) is 19.2 Å². The molecule has 2 aromatic rings. The molecule has 0 aromatic carbocycles. The fraction of sp³-hybridized carbons (Fsp3) is 0.350. The van der Waals surface area contributed by atoms with Gasteiger partial charge in [-0.05, 0) is 45.4 Å². The first-order valence-electron chi connectivity index (χ1n) is 9.19. The van der Waals surface area contributed by atoms with Crippen molar-refractivity contribution in [1.29, 1.82) is 0 Å². The topological polar surface area (TPSA) is 121 Å². The molecule has 0 aliphatic heterocycles. The average Bonchev–Trinajstić information content (AvgIpc) is 3.04. The Hall–Kier alpha value is -3.27. The molecule has 1 amide bonds. The summed E-state index contributed by atoms with van der Waals surface area (Å²) in [6, 6.07) is 2.92. The van der Waals surface area contributed by atoms with E-state index in [1.807, 2.05) is 0 Å². The van der Waals surface area contributed by atoms with Gasteiger partial charge in [-0.1, -0.05) is 0 Å². The number of hydrogen-bond acceptors (Lipinski definition) is 9. The third-order valence-electron chi connectivity index (χ3n) is 3.89. The summed E-state index contributed by atoms with van der Waals surface area (Å²) in [5.41, 5.74) is 0.646. The molecule has 1 unspecified atom stereocenters. The maximum atomic E-state index is 12.6. The van der Waals surface area contributed by atoms with E-state index < -0.39 is 29.9 Å². The Morgan fingerprint density at radius 2 is 1.63 bits per heavy atom. The molecule has 0 aliphatic rings. The van der Waals surface area contributed by atoms with Crippen LogP contribution in [0.25, 0.3) is 0 Å². The molecule has 9 nitrogen and oxygen atoms in total. The van der Waals surface area contributed by atoms with Gasteiger partial charge in [-0.3, -0.25) is 9.78 Å². The molecule has 0 saturated heterocycles. The Kier molecular flexibility index (Phi) is 8.05. The second-order valence-corrected chi connectivity index (χ2v) is 6.99. The van der Waals surface area contributed by atoms with E-state index in [1.54, 1.807) is 20.8 Å². The van der Waals surface area contributed by atoms with Gasteiger partial charge in [0.15, 0.2) is 6.10 Å². The summed E-state index contributed by atoms with van der Waals surface area (Å²) >= 11 is 0.893. The molecule has 0 aliphatic carbocycles. The van der Waals surface area contributed by atoms with Gasteiger partial charge in [0.05, 0.1) is 24.3 Å². The first-order valence-corrected chi connectivity index (χ1v) is 10.0. The number of carbonyl (C=O) groups excluding carboxylic acids is 4. The highest BCUT2D eigenvalue weighted by Gasteiger charge is 2.29. The minimum absolute atomic E-state index is 0.0610. The fourth-order valence-electron chi connectivity index (χ4n) is 2.43. The monoisotopic (exact) mass is 434 g/mol. The van der Waals surface area contributed by atoms with Crippen LogP contribution in [0.15, 0.2) is 24.5 Å². The lowest BCUT2D eigenvalue weighted by atomic mass is 10.1. The summed E-state index contributed by atoms with van der Waals surface area (Å²) in [6.45, 7) is 6.55. The molecule has 0 saturated carbocycles. The number of hydrogen-bond donors (Lipinski definition) is 1. The van der Waals surface area contributed by atoms with Crippen molar-refractivity contribution in [3.63, 3.8) is 0 Å². The third kappa shape index (κ3) is 5.41. The van der Waals surface area contributed by atoms with Crippen LogP contribution in [-0.2, 0) is 19.0 Å². The van der Waals surface area contributed by atoms with Crippen molar-refractivity contribution >= 4 is 40.2 Å². The molecule has 0 fully saturated rings. The molecule has 2 aromatic heterocycles. The third-order valence-corrected chi connectivity index (χ3v) is 5.08. The maximum Gasteiger partial charge on any atom is 0.348 e. The highest BCUT2D eigenvalue weighted by atomic mass is 32.1. The number of carbonyl (C=O) groups is 4. The zero-order valence-electron chi connectivity index (χ0n) is 17.0. The molecule has 10 heteroatoms. The van der Waals surface area contributed by atoms with Crippen LogP contribution in [0.2, 0.25) is 0 Å². The van der Waals surface area contributed by atoms with Crippen LogP contribution in [0.1, 0.15) is 56.7 Å². The van der Waals surface area contributed by atoms with Crippen molar-refractivity contribution in [2.45, 2.75) is 33.8 Å². The number of pyridine rings is 1. The number of nitrogens with one attached hydrogen (secondary N) is 1. The van der Waals surface area contributed by atoms with Crippen LogP contribution < -0.4 is 5.32 Å². The van der Waals surface area contributed by atoms with E-state index in [1.165, 1.54) is 31.5 Å². The van der Waals surface area contributed by atoms with Crippen molar-refractivity contribution in [2.75, 3.05) is 18.5 Å². The highest BCUT2D eigenvalue weighted by molar-refractivity contribution is 7.18. The Morgan fingerprint density at radius 1 is 1.03 bits per heavy atom. The summed E-state index contributed by atoms with van der Waals surface area (Å²) in [5, 5.41) is 2.66. The number of nitrogens with zero attached hydrogens (tertiary/aromatic N) is 1. The van der Waals surface area contributed by atoms with Crippen molar-refractivity contribution in [3.8, 4) is 0 Å². The molecule has 2 rings (SSSR count). The number of amides is 1. The van der Waals surface area contributed by atoms with Gasteiger partial charge in [-0.15, -0.1) is 11.3 Å². The number of ether oxygens (including phenoxy) is 3. The Labute approximate surface area is 177 Å². The second-order valence-electron chi connectivity index (χ2n) is 5.97. The van der Waals surface area contributed by atoms with Crippen molar-refractivity contribution < 1.29 is 33.4 Å². The summed E-state index contributed by atoms with van der Waals surface area (Å²) in [5.74, 6) is -2.65. The molecule has 0 radical (unpaired) electrons. The smallest absolute Gasteiger partial charge is 0.348 e. The molecule has 0 bridgehead atoms. The lowest BCUT2D eigenvalue weighted by Crippen LogP contribution is -2.30. The number of anilines is 1. The van der Waals surface area contributed by atoms with E-state index in [4.69, 9.17) is 14.2 Å². The van der Waals surface area contributed by atoms with E-state index in [0.29, 0.717) is 5.56 Å². The molecule has 160 valence electrons. The lowest BCUT2D eigenvalue weighted by molar-refractivity contribution is -0.123. The van der Waals surface area contributed by atoms with Gasteiger partial charge in [0.1, 0.15) is 9.88 Å². The van der Waals surface area contributed by atoms with Crippen molar-refractivity contribution in [3.05, 3.63) is 46.1 Å². The fourth-order valence-corrected chi connectivity index (χ4v) is 3.52. The number of aromatic nitrogens is 1. The van der Waals surface area contributed by atoms with Gasteiger partial charge in [-0.25, -0.2) is 14.4 Å². The molecule has 30 heavy (non-hydrogen) atoms. The average molecular weight is 434 g/mol. The van der Waals surface area contributed by atoms with Gasteiger partial charge in [0, 0.05) is 12.4 Å². The van der Waals surface area contributed by atoms with E-state index >= 15 is 0 Å². The van der Waals surface area contributed by atoms with Crippen LogP contribution >= 0.6 is 11.3 Å². The van der Waals surface area contributed by atoms with Crippen LogP contribution in [0, 0.1) is 6.92 Å². The maximum absolute atomic E-state index is 12.6. The van der Waals surface area contributed by atoms with Crippen molar-refractivity contribution in [2.24, 2.45) is 0 Å². The van der Waals surface area contributed by atoms with E-state index in [2.05, 4.69) is 10.3 Å². The van der Waals surface area contributed by atoms with Crippen LogP contribution in [0.4, 0.5) is 5.00 Å². The number of esters is 3. The number of rotatable bonds is 8. The predicted molar refractivity (Wildman–Crippen MR) is 109 cm³/mol. The van der Waals surface area contributed by atoms with Gasteiger partial charge < -0.3 is 19.5 Å². The van der Waals surface area contributed by atoms with Crippen LogP contribution in [0.5, 0.6) is 0 Å². The minimum Gasteiger partial charge on any atom is -0.462 e. The lowest BCUT2D eigenvalue weighted by Gasteiger charge is -2.13. The minimum atomic E-state index is -1.16. The second kappa shape index (κ2) is 10.5. The zero-order valence-corrected chi connectivity index (χ0v) is 17.8. The highest BCUT2D eigenvalue weighted by Crippen LogP contribution is 2.34. The summed E-state index contributed by atoms with van der Waals surface area (Å²) < 4.78 is 15.2. The van der Waals surface area contributed by atoms with Crippen molar-refractivity contribution in [1.82, 2.24) is 4.98 Å². The van der Waals surface area contributed by atoms with Gasteiger partial charge in [0.25, 0.3) is 5.91 Å². The zero-order chi connectivity index (χ0) is 22.3. The molecular formula is C20H22N2O7S. The van der Waals surface area contributed by atoms with Gasteiger partial charge in [0.2, 0.25) is 0 Å². The summed E-state index contributed by atoms with van der Waals surface area (Å²) in [4.78, 5) is 53.2. The van der Waals surface area contributed by atoms with Crippen LogP contribution in [0.3, 0.4) is 0 Å². The largest absolute Gasteiger partial charge is 0.462 e. The normalized spacial score (nSPS) is 11.3. The SMILES string of the molecule is CCOC(=O)c1sc(NC(=O)C(C)OC(=O)c2ccncc2)c(C(=O)OCC)c1C. The van der Waals surface area contributed by atoms with E-state index in [0.717, 1.165) is 11.3 Å². The number of thiophene rings is 1. The van der Waals surface area contributed by atoms with Gasteiger partial charge in [-0.2, -0.15) is 0 Å². The molecular weight excluding hydrogens is 412 g/mol. The molecule has 1 N–H and O–H groups in total. The van der Waals surface area contributed by atoms with Gasteiger partial charge >= 0.3 is 17.9 Å². The first kappa shape index (κ1) is 23.0. The Morgan fingerprint density at radius 3 is 2.23 bits per heavy atom. The molecule has 2 heterocycles. The Balaban J connectivity index is 2.23. The molecule has 1 atom stereocenters. The summed E-state index contributed by atoms with van der Waals surface area (Å²) in [6.07, 6.45) is 1.70. The van der Waals surface area contributed by atoms with Crippen LogP contribution in [-0.4, -0.2) is 48.1 Å². The standard InChI is InChI=1S/C20H22N2O7S/c1-5-27-19(25)14-11(3)15(20(26)28-6-2)30-17(14)22-16(23)12(4)29-18(24)13-7-9-21-10-8-13/h7-10,12H,5-6H2,1-4H3,(H,22,23). The predicted octanol–water partition coefficient (Wildman–Crippen LogP) is 2.99. The quantitative estimate of drug-likeness (QED) is 0.497. The molecule has 0 spiro atoms. The Bertz CT molecular complexity index is 940. The van der Waals surface area contributed by atoms with E-state index in [-0.39, 0.29) is 34.2 Å². The summed E-state index contributed by atoms with van der Waals surface area (Å²) in [7, 11) is 0. The first-order chi connectivity index (χ1) is 14.3.